The van der Waals surface area contributed by atoms with Gasteiger partial charge in [0.05, 0.1) is 15.5 Å². The van der Waals surface area contributed by atoms with Gasteiger partial charge in [-0.25, -0.2) is 16.8 Å². The van der Waals surface area contributed by atoms with E-state index in [9.17, 15) is 21.6 Å². The number of benzene rings is 3. The zero-order chi connectivity index (χ0) is 28.3. The summed E-state index contributed by atoms with van der Waals surface area (Å²) in [6, 6.07) is 18.9. The molecule has 1 fully saturated rings. The summed E-state index contributed by atoms with van der Waals surface area (Å²) < 4.78 is 60.5. The molecule has 5 rings (SSSR count). The van der Waals surface area contributed by atoms with Crippen LogP contribution in [0.1, 0.15) is 29.5 Å². The van der Waals surface area contributed by atoms with E-state index in [-0.39, 0.29) is 22.3 Å². The average Bonchev–Trinajstić information content (AvgIpc) is 3.64. The number of nitrogens with zero attached hydrogens (tertiary/aromatic N) is 2. The minimum atomic E-state index is -3.71. The first kappa shape index (κ1) is 28.1. The van der Waals surface area contributed by atoms with Crippen molar-refractivity contribution < 1.29 is 26.4 Å². The van der Waals surface area contributed by atoms with Gasteiger partial charge in [-0.3, -0.25) is 9.10 Å². The summed E-state index contributed by atoms with van der Waals surface area (Å²) in [6.07, 6.45) is 3.00. The molecule has 0 aliphatic carbocycles. The highest BCUT2D eigenvalue weighted by molar-refractivity contribution is 7.92. The fourth-order valence-electron chi connectivity index (χ4n) is 5.08. The Balaban J connectivity index is 1.11. The summed E-state index contributed by atoms with van der Waals surface area (Å²) in [4.78, 5) is 12.8. The van der Waals surface area contributed by atoms with E-state index in [1.54, 1.807) is 43.3 Å². The van der Waals surface area contributed by atoms with Crippen molar-refractivity contribution in [2.75, 3.05) is 37.1 Å². The predicted octanol–water partition coefficient (Wildman–Crippen LogP) is 3.27. The van der Waals surface area contributed by atoms with Gasteiger partial charge in [0.15, 0.2) is 6.61 Å². The standard InChI is InChI=1S/C29H33N3O6S2/c1-22-20-26(40(36,37)32-19-15-24-6-2-3-7-27(24)32)12-13-28(22)38-21-29(33)30-16-14-23-8-10-25(11-9-23)39(34,35)31-17-4-5-18-31/h2-3,6-13,20H,4-5,14-19,21H2,1H3,(H,30,33). The third-order valence-corrected chi connectivity index (χ3v) is 11.0. The van der Waals surface area contributed by atoms with Crippen LogP contribution >= 0.6 is 0 Å². The molecule has 1 amide bonds. The van der Waals surface area contributed by atoms with Crippen molar-refractivity contribution in [1.29, 1.82) is 0 Å². The van der Waals surface area contributed by atoms with Crippen LogP contribution in [-0.2, 0) is 37.7 Å². The zero-order valence-electron chi connectivity index (χ0n) is 22.4. The summed E-state index contributed by atoms with van der Waals surface area (Å²) in [5.74, 6) is 0.128. The maximum atomic E-state index is 13.3. The van der Waals surface area contributed by atoms with Crippen molar-refractivity contribution in [3.8, 4) is 5.75 Å². The molecule has 2 aliphatic heterocycles. The second-order valence-electron chi connectivity index (χ2n) is 10.0. The van der Waals surface area contributed by atoms with Gasteiger partial charge in [0.1, 0.15) is 5.75 Å². The van der Waals surface area contributed by atoms with E-state index >= 15 is 0 Å². The van der Waals surface area contributed by atoms with Crippen LogP contribution < -0.4 is 14.4 Å². The lowest BCUT2D eigenvalue weighted by Crippen LogP contribution is -2.31. The Bertz CT molecular complexity index is 1600. The third-order valence-electron chi connectivity index (χ3n) is 7.30. The van der Waals surface area contributed by atoms with Crippen LogP contribution in [0.4, 0.5) is 5.69 Å². The number of fused-ring (bicyclic) bond motifs is 1. The number of para-hydroxylation sites is 1. The van der Waals surface area contributed by atoms with Gasteiger partial charge in [-0.1, -0.05) is 30.3 Å². The van der Waals surface area contributed by atoms with E-state index in [0.717, 1.165) is 24.0 Å². The molecule has 0 spiro atoms. The van der Waals surface area contributed by atoms with Gasteiger partial charge >= 0.3 is 0 Å². The van der Waals surface area contributed by atoms with E-state index in [4.69, 9.17) is 4.74 Å². The second-order valence-corrected chi connectivity index (χ2v) is 13.8. The van der Waals surface area contributed by atoms with Gasteiger partial charge in [0, 0.05) is 26.2 Å². The Morgan fingerprint density at radius 1 is 0.875 bits per heavy atom. The second kappa shape index (κ2) is 11.6. The van der Waals surface area contributed by atoms with Gasteiger partial charge in [-0.15, -0.1) is 0 Å². The van der Waals surface area contributed by atoms with Gasteiger partial charge in [0.2, 0.25) is 10.0 Å². The number of sulfonamides is 2. The molecule has 2 heterocycles. The number of hydrogen-bond donors (Lipinski definition) is 1. The Labute approximate surface area is 235 Å². The van der Waals surface area contributed by atoms with E-state index in [2.05, 4.69) is 5.32 Å². The normalized spacial score (nSPS) is 15.7. The fourth-order valence-corrected chi connectivity index (χ4v) is 8.18. The number of anilines is 1. The molecule has 1 saturated heterocycles. The van der Waals surface area contributed by atoms with Crippen LogP contribution in [-0.4, -0.2) is 59.8 Å². The highest BCUT2D eigenvalue weighted by atomic mass is 32.2. The number of carbonyl (C=O) groups is 1. The third kappa shape index (κ3) is 5.86. The Hall–Kier alpha value is -3.41. The molecular formula is C29H33N3O6S2. The highest BCUT2D eigenvalue weighted by Crippen LogP contribution is 2.33. The van der Waals surface area contributed by atoms with Crippen molar-refractivity contribution in [2.45, 2.75) is 42.4 Å². The lowest BCUT2D eigenvalue weighted by atomic mass is 10.1. The predicted molar refractivity (Wildman–Crippen MR) is 153 cm³/mol. The molecule has 0 radical (unpaired) electrons. The van der Waals surface area contributed by atoms with Crippen molar-refractivity contribution in [3.63, 3.8) is 0 Å². The zero-order valence-corrected chi connectivity index (χ0v) is 24.0. The molecule has 1 N–H and O–H groups in total. The molecule has 11 heteroatoms. The molecule has 2 aliphatic rings. The van der Waals surface area contributed by atoms with Crippen LogP contribution in [0, 0.1) is 6.92 Å². The van der Waals surface area contributed by atoms with Crippen molar-refractivity contribution in [3.05, 3.63) is 83.4 Å². The first-order chi connectivity index (χ1) is 19.2. The molecule has 212 valence electrons. The Morgan fingerprint density at radius 3 is 2.30 bits per heavy atom. The lowest BCUT2D eigenvalue weighted by Gasteiger charge is -2.20. The summed E-state index contributed by atoms with van der Waals surface area (Å²) in [5.41, 5.74) is 3.25. The molecule has 0 bridgehead atoms. The van der Waals surface area contributed by atoms with Crippen LogP contribution in [0.25, 0.3) is 0 Å². The van der Waals surface area contributed by atoms with E-state index in [1.807, 2.05) is 24.3 Å². The van der Waals surface area contributed by atoms with Crippen molar-refractivity contribution >= 4 is 31.6 Å². The van der Waals surface area contributed by atoms with E-state index in [0.29, 0.717) is 56.0 Å². The first-order valence-corrected chi connectivity index (χ1v) is 16.2. The minimum Gasteiger partial charge on any atom is -0.484 e. The summed E-state index contributed by atoms with van der Waals surface area (Å²) in [5, 5.41) is 2.80. The molecule has 9 nitrogen and oxygen atoms in total. The highest BCUT2D eigenvalue weighted by Gasteiger charge is 2.31. The minimum absolute atomic E-state index is 0.178. The van der Waals surface area contributed by atoms with Gasteiger partial charge in [-0.2, -0.15) is 4.31 Å². The number of ether oxygens (including phenoxy) is 1. The van der Waals surface area contributed by atoms with E-state index < -0.39 is 20.0 Å². The molecule has 0 unspecified atom stereocenters. The molecule has 0 aromatic heterocycles. The SMILES string of the molecule is Cc1cc(S(=O)(=O)N2CCc3ccccc32)ccc1OCC(=O)NCCc1ccc(S(=O)(=O)N2CCCC2)cc1. The Morgan fingerprint density at radius 2 is 1.57 bits per heavy atom. The van der Waals surface area contributed by atoms with Crippen LogP contribution in [0.3, 0.4) is 0 Å². The summed E-state index contributed by atoms with van der Waals surface area (Å²) >= 11 is 0. The number of hydrogen-bond acceptors (Lipinski definition) is 6. The molecule has 40 heavy (non-hydrogen) atoms. The molecule has 3 aromatic rings. The number of amides is 1. The summed E-state index contributed by atoms with van der Waals surface area (Å²) in [7, 11) is -7.16. The van der Waals surface area contributed by atoms with Crippen molar-refractivity contribution in [1.82, 2.24) is 9.62 Å². The van der Waals surface area contributed by atoms with E-state index in [1.165, 1.54) is 14.7 Å². The quantitative estimate of drug-likeness (QED) is 0.392. The number of carbonyl (C=O) groups excluding carboxylic acids is 1. The molecule has 3 aromatic carbocycles. The Kier molecular flexibility index (Phi) is 8.16. The number of aryl methyl sites for hydroxylation is 1. The molecular weight excluding hydrogens is 550 g/mol. The van der Waals surface area contributed by atoms with Crippen molar-refractivity contribution in [2.24, 2.45) is 0 Å². The van der Waals surface area contributed by atoms with Gasteiger partial charge in [0.25, 0.3) is 15.9 Å². The summed E-state index contributed by atoms with van der Waals surface area (Å²) in [6.45, 7) is 3.44. The topological polar surface area (TPSA) is 113 Å². The number of nitrogens with one attached hydrogen (secondary N) is 1. The van der Waals surface area contributed by atoms with Crippen LogP contribution in [0.15, 0.2) is 76.5 Å². The maximum Gasteiger partial charge on any atom is 0.264 e. The lowest BCUT2D eigenvalue weighted by molar-refractivity contribution is -0.123. The van der Waals surface area contributed by atoms with Gasteiger partial charge in [-0.05, 0) is 85.7 Å². The fraction of sp³-hybridized carbons (Fsp3) is 0.345. The molecule has 0 saturated carbocycles. The number of rotatable bonds is 10. The van der Waals surface area contributed by atoms with Crippen LogP contribution in [0.2, 0.25) is 0 Å². The van der Waals surface area contributed by atoms with Gasteiger partial charge < -0.3 is 10.1 Å². The smallest absolute Gasteiger partial charge is 0.264 e. The first-order valence-electron chi connectivity index (χ1n) is 13.4. The van der Waals surface area contributed by atoms with Crippen LogP contribution in [0.5, 0.6) is 5.75 Å². The monoisotopic (exact) mass is 583 g/mol. The average molecular weight is 584 g/mol. The largest absolute Gasteiger partial charge is 0.484 e. The molecule has 0 atom stereocenters. The maximum absolute atomic E-state index is 13.3.